The maximum Gasteiger partial charge on any atom is 0.0887 e. The second-order valence-corrected chi connectivity index (χ2v) is 13.0. The molecule has 2 aromatic heterocycles. The van der Waals surface area contributed by atoms with Gasteiger partial charge in [0.05, 0.1) is 24.0 Å². The molecule has 114 valence electrons. The van der Waals surface area contributed by atoms with Crippen LogP contribution in [0.25, 0.3) is 32.2 Å². The van der Waals surface area contributed by atoms with Crippen LogP contribution in [0.15, 0.2) is 60.0 Å². The van der Waals surface area contributed by atoms with Gasteiger partial charge in [-0.05, 0) is 17.5 Å². The molecule has 0 fully saturated rings. The molecule has 2 aromatic carbocycles. The summed E-state index contributed by atoms with van der Waals surface area (Å²) in [6.07, 6.45) is 0. The van der Waals surface area contributed by atoms with Crippen molar-refractivity contribution in [3.05, 3.63) is 60.0 Å². The van der Waals surface area contributed by atoms with Gasteiger partial charge in [0.25, 0.3) is 0 Å². The molecule has 4 aromatic rings. The van der Waals surface area contributed by atoms with Gasteiger partial charge in [0.2, 0.25) is 0 Å². The van der Waals surface area contributed by atoms with E-state index in [2.05, 4.69) is 79.6 Å². The third-order valence-electron chi connectivity index (χ3n) is 4.33. The van der Waals surface area contributed by atoms with E-state index in [9.17, 15) is 0 Å². The molecule has 0 aliphatic heterocycles. The van der Waals surface area contributed by atoms with Gasteiger partial charge in [0.1, 0.15) is 0 Å². The number of benzene rings is 2. The fraction of sp³-hybridized carbons (Fsp3) is 0.150. The predicted octanol–water partition coefficient (Wildman–Crippen LogP) is 5.66. The molecule has 0 amide bonds. The standard InChI is InChI=1S/C20H19NSSi/c1-23(2,3)15-10-8-14(9-11-15)19-20-17(12-13-22-20)16-6-4-5-7-18(16)21-19/h4-13H,1-3H3. The lowest BCUT2D eigenvalue weighted by atomic mass is 10.1. The molecule has 0 spiro atoms. The molecule has 0 bridgehead atoms. The van der Waals surface area contributed by atoms with Gasteiger partial charge < -0.3 is 0 Å². The molecule has 0 unspecified atom stereocenters. The zero-order valence-electron chi connectivity index (χ0n) is 13.6. The maximum atomic E-state index is 4.96. The first-order valence-corrected chi connectivity index (χ1v) is 12.3. The lowest BCUT2D eigenvalue weighted by molar-refractivity contribution is 1.44. The van der Waals surface area contributed by atoms with Crippen molar-refractivity contribution >= 4 is 45.6 Å². The van der Waals surface area contributed by atoms with Crippen LogP contribution < -0.4 is 5.19 Å². The minimum absolute atomic E-state index is 1.07. The summed E-state index contributed by atoms with van der Waals surface area (Å²) in [5.74, 6) is 0. The second kappa shape index (κ2) is 5.29. The first-order chi connectivity index (χ1) is 11.0. The summed E-state index contributed by atoms with van der Waals surface area (Å²) in [6, 6.07) is 19.7. The fourth-order valence-corrected chi connectivity index (χ4v) is 5.09. The van der Waals surface area contributed by atoms with Crippen LogP contribution in [0, 0.1) is 0 Å². The number of nitrogens with zero attached hydrogens (tertiary/aromatic N) is 1. The fourth-order valence-electron chi connectivity index (χ4n) is 3.00. The van der Waals surface area contributed by atoms with Crippen LogP contribution in [0.4, 0.5) is 0 Å². The Morgan fingerprint density at radius 1 is 0.826 bits per heavy atom. The summed E-state index contributed by atoms with van der Waals surface area (Å²) in [6.45, 7) is 7.15. The molecule has 1 nitrogen and oxygen atoms in total. The van der Waals surface area contributed by atoms with Crippen LogP contribution in [0.3, 0.4) is 0 Å². The van der Waals surface area contributed by atoms with Crippen molar-refractivity contribution in [2.45, 2.75) is 19.6 Å². The zero-order valence-corrected chi connectivity index (χ0v) is 15.4. The Labute approximate surface area is 141 Å². The molecule has 23 heavy (non-hydrogen) atoms. The van der Waals surface area contributed by atoms with E-state index < -0.39 is 8.07 Å². The molecule has 0 N–H and O–H groups in total. The van der Waals surface area contributed by atoms with E-state index in [-0.39, 0.29) is 0 Å². The van der Waals surface area contributed by atoms with Gasteiger partial charge in [-0.2, -0.15) is 0 Å². The monoisotopic (exact) mass is 333 g/mol. The van der Waals surface area contributed by atoms with Crippen LogP contribution in [-0.2, 0) is 0 Å². The van der Waals surface area contributed by atoms with E-state index in [1.165, 1.54) is 26.2 Å². The largest absolute Gasteiger partial charge is 0.246 e. The van der Waals surface area contributed by atoms with Gasteiger partial charge in [-0.15, -0.1) is 11.3 Å². The second-order valence-electron chi connectivity index (χ2n) is 6.97. The van der Waals surface area contributed by atoms with E-state index in [0.29, 0.717) is 0 Å². The molecule has 0 radical (unpaired) electrons. The van der Waals surface area contributed by atoms with Crippen LogP contribution >= 0.6 is 11.3 Å². The number of hydrogen-bond donors (Lipinski definition) is 0. The summed E-state index contributed by atoms with van der Waals surface area (Å²) in [5.41, 5.74) is 3.39. The van der Waals surface area contributed by atoms with E-state index in [1.54, 1.807) is 11.3 Å². The normalized spacial score (nSPS) is 12.1. The number of fused-ring (bicyclic) bond motifs is 3. The highest BCUT2D eigenvalue weighted by atomic mass is 32.1. The first kappa shape index (κ1) is 14.6. The Bertz CT molecular complexity index is 994. The number of rotatable bonds is 2. The minimum atomic E-state index is -1.26. The van der Waals surface area contributed by atoms with Crippen molar-refractivity contribution in [2.75, 3.05) is 0 Å². The van der Waals surface area contributed by atoms with Gasteiger partial charge in [0.15, 0.2) is 0 Å². The molecular weight excluding hydrogens is 314 g/mol. The summed E-state index contributed by atoms with van der Waals surface area (Å²) in [5, 5.41) is 6.21. The van der Waals surface area contributed by atoms with Crippen LogP contribution in [-0.4, -0.2) is 13.1 Å². The summed E-state index contributed by atoms with van der Waals surface area (Å²) in [7, 11) is -1.26. The number of para-hydroxylation sites is 1. The van der Waals surface area contributed by atoms with Crippen molar-refractivity contribution in [3.63, 3.8) is 0 Å². The van der Waals surface area contributed by atoms with Crippen LogP contribution in [0.5, 0.6) is 0 Å². The highest BCUT2D eigenvalue weighted by molar-refractivity contribution is 7.17. The number of aromatic nitrogens is 1. The highest BCUT2D eigenvalue weighted by Gasteiger charge is 2.17. The Kier molecular flexibility index (Phi) is 3.36. The predicted molar refractivity (Wildman–Crippen MR) is 106 cm³/mol. The number of pyridine rings is 1. The van der Waals surface area contributed by atoms with Gasteiger partial charge in [-0.1, -0.05) is 67.3 Å². The first-order valence-electron chi connectivity index (χ1n) is 7.91. The van der Waals surface area contributed by atoms with E-state index in [4.69, 9.17) is 4.98 Å². The highest BCUT2D eigenvalue weighted by Crippen LogP contribution is 2.35. The molecule has 0 saturated heterocycles. The van der Waals surface area contributed by atoms with Crippen molar-refractivity contribution < 1.29 is 0 Å². The molecule has 0 atom stereocenters. The van der Waals surface area contributed by atoms with Crippen LogP contribution in [0.2, 0.25) is 19.6 Å². The van der Waals surface area contributed by atoms with Crippen molar-refractivity contribution in [1.82, 2.24) is 4.98 Å². The molecule has 0 saturated carbocycles. The van der Waals surface area contributed by atoms with E-state index >= 15 is 0 Å². The van der Waals surface area contributed by atoms with E-state index in [0.717, 1.165) is 11.2 Å². The average molecular weight is 334 g/mol. The molecule has 0 aliphatic carbocycles. The molecule has 4 rings (SSSR count). The van der Waals surface area contributed by atoms with E-state index in [1.807, 2.05) is 0 Å². The van der Waals surface area contributed by atoms with Gasteiger partial charge >= 0.3 is 0 Å². The van der Waals surface area contributed by atoms with Crippen molar-refractivity contribution in [3.8, 4) is 11.3 Å². The summed E-state index contributed by atoms with van der Waals surface area (Å²) >= 11 is 1.78. The lowest BCUT2D eigenvalue weighted by Gasteiger charge is -2.17. The number of hydrogen-bond acceptors (Lipinski definition) is 2. The summed E-state index contributed by atoms with van der Waals surface area (Å²) in [4.78, 5) is 4.96. The zero-order chi connectivity index (χ0) is 16.0. The Balaban J connectivity index is 1.95. The van der Waals surface area contributed by atoms with Crippen LogP contribution in [0.1, 0.15) is 0 Å². The minimum Gasteiger partial charge on any atom is -0.246 e. The number of thiophene rings is 1. The van der Waals surface area contributed by atoms with Gasteiger partial charge in [-0.3, -0.25) is 0 Å². The van der Waals surface area contributed by atoms with Crippen molar-refractivity contribution in [1.29, 1.82) is 0 Å². The molecular formula is C20H19NSSi. The molecule has 2 heterocycles. The van der Waals surface area contributed by atoms with Gasteiger partial charge in [0, 0.05) is 16.3 Å². The Morgan fingerprint density at radius 3 is 2.30 bits per heavy atom. The Morgan fingerprint density at radius 2 is 1.57 bits per heavy atom. The maximum absolute atomic E-state index is 4.96. The molecule has 3 heteroatoms. The Hall–Kier alpha value is -1.97. The third-order valence-corrected chi connectivity index (χ3v) is 7.32. The third kappa shape index (κ3) is 2.50. The van der Waals surface area contributed by atoms with Crippen molar-refractivity contribution in [2.24, 2.45) is 0 Å². The summed E-state index contributed by atoms with van der Waals surface area (Å²) < 4.78 is 1.28. The topological polar surface area (TPSA) is 12.9 Å². The average Bonchev–Trinajstić information content (AvgIpc) is 3.03. The lowest BCUT2D eigenvalue weighted by Crippen LogP contribution is -2.37. The molecule has 0 aliphatic rings. The van der Waals surface area contributed by atoms with Gasteiger partial charge in [-0.25, -0.2) is 4.98 Å². The smallest absolute Gasteiger partial charge is 0.0887 e. The SMILES string of the molecule is C[Si](C)(C)c1ccc(-c2nc3ccccc3c3ccsc23)cc1. The quantitative estimate of drug-likeness (QED) is 0.431.